The highest BCUT2D eigenvalue weighted by atomic mass is 16.1. The number of carbonyl (C=O) groups is 1. The van der Waals surface area contributed by atoms with Crippen molar-refractivity contribution in [3.05, 3.63) is 18.7 Å². The number of amides is 1. The Morgan fingerprint density at radius 1 is 1.47 bits per heavy atom. The maximum Gasteiger partial charge on any atom is 0.220 e. The van der Waals surface area contributed by atoms with Gasteiger partial charge in [-0.3, -0.25) is 4.79 Å². The Morgan fingerprint density at radius 2 is 2.16 bits per heavy atom. The fourth-order valence-corrected chi connectivity index (χ4v) is 1.77. The molecule has 1 aromatic heterocycles. The van der Waals surface area contributed by atoms with E-state index in [9.17, 15) is 4.79 Å². The molecule has 0 saturated heterocycles. The number of carbonyl (C=O) groups excluding carboxylic acids is 1. The molecule has 5 heteroatoms. The second-order valence-electron chi connectivity index (χ2n) is 6.26. The van der Waals surface area contributed by atoms with Crippen molar-refractivity contribution in [2.24, 2.45) is 11.1 Å². The Balaban J connectivity index is 2.58. The van der Waals surface area contributed by atoms with E-state index >= 15 is 0 Å². The van der Waals surface area contributed by atoms with Crippen molar-refractivity contribution < 1.29 is 4.79 Å². The summed E-state index contributed by atoms with van der Waals surface area (Å²) in [6, 6.07) is 0.134. The largest absolute Gasteiger partial charge is 0.351 e. The molecule has 2 unspecified atom stereocenters. The summed E-state index contributed by atoms with van der Waals surface area (Å²) >= 11 is 0. The minimum atomic E-state index is -0.00569. The second-order valence-corrected chi connectivity index (χ2v) is 6.26. The topological polar surface area (TPSA) is 72.9 Å². The molecule has 1 heterocycles. The minimum absolute atomic E-state index is 0.00569. The average Bonchev–Trinajstić information content (AvgIpc) is 2.77. The minimum Gasteiger partial charge on any atom is -0.351 e. The molecule has 1 rings (SSSR count). The predicted molar refractivity (Wildman–Crippen MR) is 76.5 cm³/mol. The van der Waals surface area contributed by atoms with Gasteiger partial charge in [-0.2, -0.15) is 0 Å². The molecule has 1 aromatic rings. The van der Waals surface area contributed by atoms with Crippen LogP contribution in [-0.4, -0.2) is 27.5 Å². The Bertz CT molecular complexity index is 379. The number of rotatable bonds is 6. The van der Waals surface area contributed by atoms with Gasteiger partial charge in [-0.15, -0.1) is 0 Å². The monoisotopic (exact) mass is 266 g/mol. The Kier molecular flexibility index (Phi) is 5.54. The lowest BCUT2D eigenvalue weighted by atomic mass is 9.86. The molecule has 19 heavy (non-hydrogen) atoms. The van der Waals surface area contributed by atoms with Gasteiger partial charge in [-0.1, -0.05) is 20.8 Å². The summed E-state index contributed by atoms with van der Waals surface area (Å²) in [4.78, 5) is 16.0. The highest BCUT2D eigenvalue weighted by Gasteiger charge is 2.26. The molecule has 5 nitrogen and oxygen atoms in total. The zero-order valence-electron chi connectivity index (χ0n) is 12.4. The molecule has 0 aliphatic heterocycles. The van der Waals surface area contributed by atoms with Crippen molar-refractivity contribution in [1.29, 1.82) is 0 Å². The summed E-state index contributed by atoms with van der Waals surface area (Å²) in [6.45, 7) is 9.02. The summed E-state index contributed by atoms with van der Waals surface area (Å²) in [5, 5.41) is 3.11. The molecule has 0 radical (unpaired) electrons. The van der Waals surface area contributed by atoms with Crippen LogP contribution in [0.1, 0.15) is 40.5 Å². The molecular formula is C14H26N4O. The number of nitrogens with one attached hydrogen (secondary N) is 1. The molecule has 0 bridgehead atoms. The maximum atomic E-state index is 11.9. The van der Waals surface area contributed by atoms with Gasteiger partial charge in [0, 0.05) is 31.4 Å². The van der Waals surface area contributed by atoms with Crippen LogP contribution in [0.25, 0.3) is 0 Å². The Morgan fingerprint density at radius 3 is 2.63 bits per heavy atom. The molecule has 0 aliphatic rings. The van der Waals surface area contributed by atoms with Gasteiger partial charge in [0.25, 0.3) is 0 Å². The fourth-order valence-electron chi connectivity index (χ4n) is 1.77. The van der Waals surface area contributed by atoms with Gasteiger partial charge in [-0.25, -0.2) is 4.98 Å². The molecule has 0 aliphatic carbocycles. The lowest BCUT2D eigenvalue weighted by Gasteiger charge is -2.32. The molecule has 1 amide bonds. The lowest BCUT2D eigenvalue weighted by molar-refractivity contribution is -0.122. The lowest BCUT2D eigenvalue weighted by Crippen LogP contribution is -2.46. The summed E-state index contributed by atoms with van der Waals surface area (Å²) in [7, 11) is 0. The molecular weight excluding hydrogens is 240 g/mol. The van der Waals surface area contributed by atoms with Crippen LogP contribution in [0.2, 0.25) is 0 Å². The van der Waals surface area contributed by atoms with Crippen LogP contribution >= 0.6 is 0 Å². The first kappa shape index (κ1) is 15.7. The smallest absolute Gasteiger partial charge is 0.220 e. The summed E-state index contributed by atoms with van der Waals surface area (Å²) in [5.74, 6) is 0.0670. The maximum absolute atomic E-state index is 11.9. The van der Waals surface area contributed by atoms with Gasteiger partial charge < -0.3 is 15.6 Å². The van der Waals surface area contributed by atoms with E-state index in [0.29, 0.717) is 12.8 Å². The van der Waals surface area contributed by atoms with E-state index in [1.165, 1.54) is 0 Å². The summed E-state index contributed by atoms with van der Waals surface area (Å²) < 4.78 is 1.99. The van der Waals surface area contributed by atoms with Crippen LogP contribution in [0.4, 0.5) is 0 Å². The number of aromatic nitrogens is 2. The molecule has 3 N–H and O–H groups in total. The molecule has 0 fully saturated rings. The van der Waals surface area contributed by atoms with E-state index in [1.807, 2.05) is 17.7 Å². The van der Waals surface area contributed by atoms with E-state index in [1.54, 1.807) is 12.5 Å². The Labute approximate surface area is 115 Å². The van der Waals surface area contributed by atoms with Crippen molar-refractivity contribution in [3.8, 4) is 0 Å². The number of hydrogen-bond donors (Lipinski definition) is 2. The van der Waals surface area contributed by atoms with Crippen molar-refractivity contribution in [2.75, 3.05) is 0 Å². The van der Waals surface area contributed by atoms with Crippen LogP contribution < -0.4 is 11.1 Å². The predicted octanol–water partition coefficient (Wildman–Crippen LogP) is 1.54. The van der Waals surface area contributed by atoms with Crippen LogP contribution in [-0.2, 0) is 11.3 Å². The van der Waals surface area contributed by atoms with Gasteiger partial charge in [0.15, 0.2) is 0 Å². The fraction of sp³-hybridized carbons (Fsp3) is 0.714. The quantitative estimate of drug-likeness (QED) is 0.820. The molecule has 108 valence electrons. The Hall–Kier alpha value is -1.36. The van der Waals surface area contributed by atoms with E-state index in [-0.39, 0.29) is 23.4 Å². The third-order valence-corrected chi connectivity index (χ3v) is 3.16. The first-order valence-corrected chi connectivity index (χ1v) is 6.79. The molecule has 0 aromatic carbocycles. The van der Waals surface area contributed by atoms with E-state index in [0.717, 1.165) is 6.54 Å². The van der Waals surface area contributed by atoms with Gasteiger partial charge in [0.05, 0.1) is 12.4 Å². The van der Waals surface area contributed by atoms with Gasteiger partial charge in [0.1, 0.15) is 0 Å². The second kappa shape index (κ2) is 6.70. The normalized spacial score (nSPS) is 15.0. The van der Waals surface area contributed by atoms with Crippen molar-refractivity contribution in [1.82, 2.24) is 14.9 Å². The van der Waals surface area contributed by atoms with Gasteiger partial charge >= 0.3 is 0 Å². The van der Waals surface area contributed by atoms with E-state index < -0.39 is 0 Å². The third kappa shape index (κ3) is 5.87. The first-order valence-electron chi connectivity index (χ1n) is 6.79. The SMILES string of the molecule is CC(N)CCC(=O)NC(Cn1ccnc1)C(C)(C)C. The summed E-state index contributed by atoms with van der Waals surface area (Å²) in [5.41, 5.74) is 5.67. The third-order valence-electron chi connectivity index (χ3n) is 3.16. The van der Waals surface area contributed by atoms with Gasteiger partial charge in [0.2, 0.25) is 5.91 Å². The van der Waals surface area contributed by atoms with Crippen LogP contribution in [0.5, 0.6) is 0 Å². The van der Waals surface area contributed by atoms with Crippen LogP contribution in [0, 0.1) is 5.41 Å². The average molecular weight is 266 g/mol. The zero-order chi connectivity index (χ0) is 14.5. The van der Waals surface area contributed by atoms with Crippen LogP contribution in [0.15, 0.2) is 18.7 Å². The van der Waals surface area contributed by atoms with Crippen molar-refractivity contribution in [3.63, 3.8) is 0 Å². The summed E-state index contributed by atoms with van der Waals surface area (Å²) in [6.07, 6.45) is 6.62. The van der Waals surface area contributed by atoms with Crippen LogP contribution in [0.3, 0.4) is 0 Å². The van der Waals surface area contributed by atoms with E-state index in [2.05, 4.69) is 31.1 Å². The highest BCUT2D eigenvalue weighted by Crippen LogP contribution is 2.21. The van der Waals surface area contributed by atoms with Crippen molar-refractivity contribution in [2.45, 2.75) is 59.2 Å². The van der Waals surface area contributed by atoms with E-state index in [4.69, 9.17) is 5.73 Å². The molecule has 0 spiro atoms. The number of hydrogen-bond acceptors (Lipinski definition) is 3. The standard InChI is InChI=1S/C14H26N4O/c1-11(15)5-6-13(19)17-12(14(2,3)4)9-18-8-7-16-10-18/h7-8,10-12H,5-6,9,15H2,1-4H3,(H,17,19). The van der Waals surface area contributed by atoms with Gasteiger partial charge in [-0.05, 0) is 18.8 Å². The number of imidazole rings is 1. The zero-order valence-corrected chi connectivity index (χ0v) is 12.4. The van der Waals surface area contributed by atoms with Crippen molar-refractivity contribution >= 4 is 5.91 Å². The number of nitrogens with zero attached hydrogens (tertiary/aromatic N) is 2. The first-order chi connectivity index (χ1) is 8.79. The molecule has 0 saturated carbocycles. The molecule has 2 atom stereocenters. The highest BCUT2D eigenvalue weighted by molar-refractivity contribution is 5.76. The number of nitrogens with two attached hydrogens (primary N) is 1.